The van der Waals surface area contributed by atoms with Gasteiger partial charge in [-0.2, -0.15) is 5.26 Å². The average molecular weight is 486 g/mol. The van der Waals surface area contributed by atoms with Crippen LogP contribution >= 0.6 is 27.7 Å². The Morgan fingerprint density at radius 3 is 2.70 bits per heavy atom. The molecule has 2 aromatic carbocycles. The molecule has 1 heterocycles. The standard InChI is InChI=1S/C22H20BrN3O3S/c1-3-11-26-21(27)20(14-15-13-16(23)4-9-19(15)29-12-10-24)30-22(26)25-17-5-7-18(28-2)8-6-17/h4-9,13-14H,3,11-12H2,1-2H3. The number of benzene rings is 2. The predicted octanol–water partition coefficient (Wildman–Crippen LogP) is 5.37. The summed E-state index contributed by atoms with van der Waals surface area (Å²) in [5, 5.41) is 9.44. The fraction of sp³-hybridized carbons (Fsp3) is 0.227. The summed E-state index contributed by atoms with van der Waals surface area (Å²) in [7, 11) is 1.61. The highest BCUT2D eigenvalue weighted by atomic mass is 79.9. The summed E-state index contributed by atoms with van der Waals surface area (Å²) in [4.78, 5) is 20.0. The van der Waals surface area contributed by atoms with E-state index in [9.17, 15) is 4.79 Å². The van der Waals surface area contributed by atoms with Gasteiger partial charge in [0, 0.05) is 16.6 Å². The van der Waals surface area contributed by atoms with Crippen LogP contribution in [0.25, 0.3) is 6.08 Å². The molecule has 2 aromatic rings. The van der Waals surface area contributed by atoms with Crippen LogP contribution < -0.4 is 9.47 Å². The van der Waals surface area contributed by atoms with Crippen LogP contribution in [-0.2, 0) is 4.79 Å². The van der Waals surface area contributed by atoms with E-state index < -0.39 is 0 Å². The second kappa shape index (κ2) is 10.3. The van der Waals surface area contributed by atoms with Crippen molar-refractivity contribution in [1.29, 1.82) is 5.26 Å². The number of amidine groups is 1. The van der Waals surface area contributed by atoms with Gasteiger partial charge in [0.2, 0.25) is 0 Å². The molecule has 0 aliphatic carbocycles. The first-order valence-corrected chi connectivity index (χ1v) is 10.9. The molecule has 1 fully saturated rings. The van der Waals surface area contributed by atoms with Gasteiger partial charge < -0.3 is 9.47 Å². The molecule has 6 nitrogen and oxygen atoms in total. The summed E-state index contributed by atoms with van der Waals surface area (Å²) in [6.07, 6.45) is 2.60. The summed E-state index contributed by atoms with van der Waals surface area (Å²) in [6, 6.07) is 14.8. The van der Waals surface area contributed by atoms with Crippen LogP contribution in [0.1, 0.15) is 18.9 Å². The largest absolute Gasteiger partial charge is 0.497 e. The van der Waals surface area contributed by atoms with Crippen LogP contribution in [0, 0.1) is 11.3 Å². The number of nitriles is 1. The van der Waals surface area contributed by atoms with Crippen molar-refractivity contribution in [2.45, 2.75) is 13.3 Å². The number of carbonyl (C=O) groups is 1. The molecule has 0 N–H and O–H groups in total. The van der Waals surface area contributed by atoms with Crippen LogP contribution in [0.3, 0.4) is 0 Å². The molecule has 0 unspecified atom stereocenters. The number of aliphatic imine (C=N–C) groups is 1. The van der Waals surface area contributed by atoms with Crippen molar-refractivity contribution in [1.82, 2.24) is 4.90 Å². The average Bonchev–Trinajstić information content (AvgIpc) is 3.03. The van der Waals surface area contributed by atoms with Crippen molar-refractivity contribution in [3.63, 3.8) is 0 Å². The molecule has 3 rings (SSSR count). The second-order valence-corrected chi connectivity index (χ2v) is 8.21. The second-order valence-electron chi connectivity index (χ2n) is 6.29. The van der Waals surface area contributed by atoms with Gasteiger partial charge in [-0.1, -0.05) is 22.9 Å². The fourth-order valence-corrected chi connectivity index (χ4v) is 4.19. The van der Waals surface area contributed by atoms with Gasteiger partial charge in [-0.05, 0) is 66.7 Å². The lowest BCUT2D eigenvalue weighted by atomic mass is 10.2. The molecule has 0 radical (unpaired) electrons. The topological polar surface area (TPSA) is 74.9 Å². The highest BCUT2D eigenvalue weighted by Crippen LogP contribution is 2.36. The van der Waals surface area contributed by atoms with Crippen LogP contribution in [0.5, 0.6) is 11.5 Å². The smallest absolute Gasteiger partial charge is 0.266 e. The van der Waals surface area contributed by atoms with Crippen LogP contribution in [0.4, 0.5) is 5.69 Å². The molecule has 0 spiro atoms. The molecule has 1 amide bonds. The Balaban J connectivity index is 1.95. The van der Waals surface area contributed by atoms with Gasteiger partial charge in [0.25, 0.3) is 5.91 Å². The first-order chi connectivity index (χ1) is 14.5. The van der Waals surface area contributed by atoms with Crippen molar-refractivity contribution in [3.05, 3.63) is 57.4 Å². The zero-order chi connectivity index (χ0) is 21.5. The monoisotopic (exact) mass is 485 g/mol. The molecular formula is C22H20BrN3O3S. The number of hydrogen-bond acceptors (Lipinski definition) is 6. The summed E-state index contributed by atoms with van der Waals surface area (Å²) < 4.78 is 11.5. The molecule has 0 bridgehead atoms. The third-order valence-electron chi connectivity index (χ3n) is 4.18. The third kappa shape index (κ3) is 5.23. The zero-order valence-corrected chi connectivity index (χ0v) is 19.0. The summed E-state index contributed by atoms with van der Waals surface area (Å²) >= 11 is 4.77. The Morgan fingerprint density at radius 1 is 1.27 bits per heavy atom. The number of rotatable bonds is 7. The van der Waals surface area contributed by atoms with E-state index in [4.69, 9.17) is 14.7 Å². The van der Waals surface area contributed by atoms with Crippen LogP contribution in [0.15, 0.2) is 56.8 Å². The minimum atomic E-state index is -0.0969. The normalized spacial score (nSPS) is 16.2. The van der Waals surface area contributed by atoms with E-state index in [1.807, 2.05) is 49.4 Å². The molecule has 1 aliphatic rings. The third-order valence-corrected chi connectivity index (χ3v) is 5.68. The molecule has 1 saturated heterocycles. The Labute approximate surface area is 188 Å². The number of ether oxygens (including phenoxy) is 2. The predicted molar refractivity (Wildman–Crippen MR) is 123 cm³/mol. The van der Waals surface area contributed by atoms with Gasteiger partial charge in [0.05, 0.1) is 17.7 Å². The lowest BCUT2D eigenvalue weighted by Crippen LogP contribution is -2.29. The fourth-order valence-electron chi connectivity index (χ4n) is 2.79. The number of halogens is 1. The van der Waals surface area contributed by atoms with E-state index in [2.05, 4.69) is 20.9 Å². The molecule has 0 aromatic heterocycles. The quantitative estimate of drug-likeness (QED) is 0.492. The highest BCUT2D eigenvalue weighted by Gasteiger charge is 2.33. The number of carbonyl (C=O) groups excluding carboxylic acids is 1. The van der Waals surface area contributed by atoms with Gasteiger partial charge in [-0.3, -0.25) is 9.69 Å². The maximum Gasteiger partial charge on any atom is 0.266 e. The Bertz CT molecular complexity index is 1030. The van der Waals surface area contributed by atoms with E-state index in [-0.39, 0.29) is 12.5 Å². The molecule has 154 valence electrons. The van der Waals surface area contributed by atoms with Crippen molar-refractivity contribution in [2.24, 2.45) is 4.99 Å². The SMILES string of the molecule is CCCN1C(=O)C(=Cc2cc(Br)ccc2OCC#N)SC1=Nc1ccc(OC)cc1. The number of amides is 1. The van der Waals surface area contributed by atoms with Crippen molar-refractivity contribution in [3.8, 4) is 17.6 Å². The summed E-state index contributed by atoms with van der Waals surface area (Å²) in [5.74, 6) is 1.20. The molecule has 0 atom stereocenters. The first-order valence-electron chi connectivity index (χ1n) is 9.29. The summed E-state index contributed by atoms with van der Waals surface area (Å²) in [5.41, 5.74) is 1.46. The lowest BCUT2D eigenvalue weighted by molar-refractivity contribution is -0.122. The van der Waals surface area contributed by atoms with E-state index >= 15 is 0 Å². The van der Waals surface area contributed by atoms with Crippen molar-refractivity contribution < 1.29 is 14.3 Å². The molecule has 8 heteroatoms. The molecular weight excluding hydrogens is 466 g/mol. The maximum atomic E-state index is 13.0. The van der Waals surface area contributed by atoms with Gasteiger partial charge in [0.1, 0.15) is 17.6 Å². The van der Waals surface area contributed by atoms with Gasteiger partial charge in [-0.25, -0.2) is 4.99 Å². The van der Waals surface area contributed by atoms with E-state index in [1.54, 1.807) is 24.2 Å². The summed E-state index contributed by atoms with van der Waals surface area (Å²) in [6.45, 7) is 2.53. The molecule has 0 saturated carbocycles. The zero-order valence-electron chi connectivity index (χ0n) is 16.6. The van der Waals surface area contributed by atoms with E-state index in [0.29, 0.717) is 22.4 Å². The van der Waals surface area contributed by atoms with E-state index in [1.165, 1.54) is 11.8 Å². The van der Waals surface area contributed by atoms with Crippen LogP contribution in [-0.4, -0.2) is 36.2 Å². The number of methoxy groups -OCH3 is 1. The number of thioether (sulfide) groups is 1. The van der Waals surface area contributed by atoms with Crippen molar-refractivity contribution in [2.75, 3.05) is 20.3 Å². The van der Waals surface area contributed by atoms with Crippen LogP contribution in [0.2, 0.25) is 0 Å². The minimum Gasteiger partial charge on any atom is -0.497 e. The van der Waals surface area contributed by atoms with Gasteiger partial charge in [-0.15, -0.1) is 0 Å². The van der Waals surface area contributed by atoms with Gasteiger partial charge >= 0.3 is 0 Å². The highest BCUT2D eigenvalue weighted by molar-refractivity contribution is 9.10. The lowest BCUT2D eigenvalue weighted by Gasteiger charge is -2.14. The number of hydrogen-bond donors (Lipinski definition) is 0. The Hall–Kier alpha value is -2.76. The van der Waals surface area contributed by atoms with Crippen molar-refractivity contribution >= 4 is 50.5 Å². The maximum absolute atomic E-state index is 13.0. The van der Waals surface area contributed by atoms with E-state index in [0.717, 1.165) is 27.9 Å². The van der Waals surface area contributed by atoms with Gasteiger partial charge in [0.15, 0.2) is 11.8 Å². The number of nitrogens with zero attached hydrogens (tertiary/aromatic N) is 3. The molecule has 30 heavy (non-hydrogen) atoms. The Kier molecular flexibility index (Phi) is 7.55. The first kappa shape index (κ1) is 21.9. The Morgan fingerprint density at radius 2 is 2.03 bits per heavy atom. The minimum absolute atomic E-state index is 0.0645. The molecule has 1 aliphatic heterocycles.